The van der Waals surface area contributed by atoms with E-state index in [0.717, 1.165) is 0 Å². The molecule has 140 valence electrons. The zero-order valence-corrected chi connectivity index (χ0v) is 15.6. The molecule has 3 aromatic rings. The molecule has 7 nitrogen and oxygen atoms in total. The van der Waals surface area contributed by atoms with Gasteiger partial charge in [0.2, 0.25) is 0 Å². The SMILES string of the molecule is CC(C)S(=O)(=O)c1ccc2c(c1)C(N)=NCN2c1n[nH]c2ccc(F)cc12. The molecular formula is C18H18FN5O2S. The molecule has 0 radical (unpaired) electrons. The summed E-state index contributed by atoms with van der Waals surface area (Å²) in [6.07, 6.45) is 0. The summed E-state index contributed by atoms with van der Waals surface area (Å²) >= 11 is 0. The number of benzene rings is 2. The van der Waals surface area contributed by atoms with Crippen LogP contribution in [0.3, 0.4) is 0 Å². The van der Waals surface area contributed by atoms with Gasteiger partial charge in [-0.25, -0.2) is 17.8 Å². The van der Waals surface area contributed by atoms with Gasteiger partial charge in [0.15, 0.2) is 15.7 Å². The van der Waals surface area contributed by atoms with Crippen molar-refractivity contribution in [2.24, 2.45) is 10.7 Å². The molecule has 0 unspecified atom stereocenters. The third-order valence-electron chi connectivity index (χ3n) is 4.63. The monoisotopic (exact) mass is 387 g/mol. The zero-order chi connectivity index (χ0) is 19.3. The van der Waals surface area contributed by atoms with Crippen LogP contribution in [-0.4, -0.2) is 36.4 Å². The van der Waals surface area contributed by atoms with E-state index in [1.165, 1.54) is 18.2 Å². The van der Waals surface area contributed by atoms with E-state index in [0.29, 0.717) is 28.0 Å². The lowest BCUT2D eigenvalue weighted by molar-refractivity contribution is 0.587. The van der Waals surface area contributed by atoms with Crippen molar-refractivity contribution in [3.63, 3.8) is 0 Å². The van der Waals surface area contributed by atoms with Crippen molar-refractivity contribution in [2.75, 3.05) is 11.6 Å². The number of sulfone groups is 1. The summed E-state index contributed by atoms with van der Waals surface area (Å²) in [6.45, 7) is 3.46. The Morgan fingerprint density at radius 3 is 2.74 bits per heavy atom. The fourth-order valence-corrected chi connectivity index (χ4v) is 4.16. The highest BCUT2D eigenvalue weighted by molar-refractivity contribution is 7.92. The van der Waals surface area contributed by atoms with E-state index in [-0.39, 0.29) is 23.2 Å². The molecule has 1 aliphatic rings. The van der Waals surface area contributed by atoms with Crippen LogP contribution in [0, 0.1) is 5.82 Å². The van der Waals surface area contributed by atoms with Crippen LogP contribution in [-0.2, 0) is 9.84 Å². The van der Waals surface area contributed by atoms with E-state index < -0.39 is 15.1 Å². The van der Waals surface area contributed by atoms with Crippen LogP contribution < -0.4 is 10.6 Å². The Hall–Kier alpha value is -2.94. The lowest BCUT2D eigenvalue weighted by Crippen LogP contribution is -2.30. The predicted molar refractivity (Wildman–Crippen MR) is 103 cm³/mol. The number of aliphatic imine (C=N–C) groups is 1. The van der Waals surface area contributed by atoms with Crippen LogP contribution in [0.1, 0.15) is 19.4 Å². The number of nitrogens with one attached hydrogen (secondary N) is 1. The molecule has 4 rings (SSSR count). The third-order valence-corrected chi connectivity index (χ3v) is 6.78. The van der Waals surface area contributed by atoms with E-state index in [9.17, 15) is 12.8 Å². The summed E-state index contributed by atoms with van der Waals surface area (Å²) in [6, 6.07) is 9.13. The van der Waals surface area contributed by atoms with Gasteiger partial charge in [-0.2, -0.15) is 5.10 Å². The third kappa shape index (κ3) is 2.74. The number of hydrogen-bond donors (Lipinski definition) is 2. The average molecular weight is 387 g/mol. The highest BCUT2D eigenvalue weighted by atomic mass is 32.2. The molecule has 0 saturated carbocycles. The molecule has 27 heavy (non-hydrogen) atoms. The van der Waals surface area contributed by atoms with Gasteiger partial charge in [0, 0.05) is 10.9 Å². The van der Waals surface area contributed by atoms with Gasteiger partial charge in [-0.1, -0.05) is 0 Å². The summed E-state index contributed by atoms with van der Waals surface area (Å²) in [4.78, 5) is 6.25. The van der Waals surface area contributed by atoms with E-state index in [1.54, 1.807) is 36.9 Å². The topological polar surface area (TPSA) is 104 Å². The number of hydrogen-bond acceptors (Lipinski definition) is 6. The molecule has 3 N–H and O–H groups in total. The molecule has 0 bridgehead atoms. The van der Waals surface area contributed by atoms with Gasteiger partial charge in [-0.15, -0.1) is 0 Å². The van der Waals surface area contributed by atoms with Gasteiger partial charge in [-0.05, 0) is 50.2 Å². The highest BCUT2D eigenvalue weighted by Crippen LogP contribution is 2.36. The highest BCUT2D eigenvalue weighted by Gasteiger charge is 2.27. The maximum absolute atomic E-state index is 13.7. The Bertz CT molecular complexity index is 1180. The Balaban J connectivity index is 1.87. The minimum atomic E-state index is -3.45. The lowest BCUT2D eigenvalue weighted by atomic mass is 10.1. The Morgan fingerprint density at radius 1 is 1.22 bits per heavy atom. The van der Waals surface area contributed by atoms with E-state index >= 15 is 0 Å². The fraction of sp³-hybridized carbons (Fsp3) is 0.222. The molecule has 1 aliphatic heterocycles. The summed E-state index contributed by atoms with van der Waals surface area (Å²) in [5.41, 5.74) is 7.90. The van der Waals surface area contributed by atoms with E-state index in [4.69, 9.17) is 5.73 Å². The van der Waals surface area contributed by atoms with Gasteiger partial charge in [-0.3, -0.25) is 5.10 Å². The second-order valence-corrected chi connectivity index (χ2v) is 9.13. The van der Waals surface area contributed by atoms with Gasteiger partial charge >= 0.3 is 0 Å². The molecule has 9 heteroatoms. The van der Waals surface area contributed by atoms with Crippen molar-refractivity contribution >= 4 is 38.1 Å². The van der Waals surface area contributed by atoms with E-state index in [2.05, 4.69) is 15.2 Å². The Morgan fingerprint density at radius 2 is 2.00 bits per heavy atom. The molecule has 0 aliphatic carbocycles. The van der Waals surface area contributed by atoms with Crippen molar-refractivity contribution in [1.82, 2.24) is 10.2 Å². The molecule has 0 saturated heterocycles. The van der Waals surface area contributed by atoms with Crippen molar-refractivity contribution in [3.05, 3.63) is 47.8 Å². The zero-order valence-electron chi connectivity index (χ0n) is 14.8. The predicted octanol–water partition coefficient (Wildman–Crippen LogP) is 2.70. The Labute approximate surface area is 155 Å². The second-order valence-electron chi connectivity index (χ2n) is 6.62. The van der Waals surface area contributed by atoms with Gasteiger partial charge < -0.3 is 10.6 Å². The number of nitrogens with two attached hydrogens (primary N) is 1. The van der Waals surface area contributed by atoms with Crippen LogP contribution in [0.4, 0.5) is 15.9 Å². The molecule has 2 heterocycles. The normalized spacial score (nSPS) is 14.5. The van der Waals surface area contributed by atoms with Crippen LogP contribution >= 0.6 is 0 Å². The minimum Gasteiger partial charge on any atom is -0.383 e. The van der Waals surface area contributed by atoms with Crippen LogP contribution in [0.15, 0.2) is 46.3 Å². The number of H-pyrrole nitrogens is 1. The first-order chi connectivity index (χ1) is 12.8. The number of fused-ring (bicyclic) bond motifs is 2. The molecule has 0 atom stereocenters. The molecule has 1 aromatic heterocycles. The van der Waals surface area contributed by atoms with Gasteiger partial charge in [0.1, 0.15) is 18.3 Å². The van der Waals surface area contributed by atoms with Crippen LogP contribution in [0.2, 0.25) is 0 Å². The minimum absolute atomic E-state index is 0.189. The summed E-state index contributed by atoms with van der Waals surface area (Å²) in [7, 11) is -3.45. The second kappa shape index (κ2) is 6.05. The Kier molecular flexibility index (Phi) is 3.92. The fourth-order valence-electron chi connectivity index (χ4n) is 3.07. The molecule has 0 fully saturated rings. The number of halogens is 1. The largest absolute Gasteiger partial charge is 0.383 e. The summed E-state index contributed by atoms with van der Waals surface area (Å²) in [5, 5.41) is 7.22. The number of amidine groups is 1. The first-order valence-electron chi connectivity index (χ1n) is 8.38. The average Bonchev–Trinajstić information content (AvgIpc) is 3.04. The van der Waals surface area contributed by atoms with Crippen molar-refractivity contribution in [2.45, 2.75) is 24.0 Å². The number of anilines is 2. The first-order valence-corrected chi connectivity index (χ1v) is 9.93. The number of aromatic amines is 1. The maximum atomic E-state index is 13.7. The molecule has 0 spiro atoms. The molecule has 2 aromatic carbocycles. The quantitative estimate of drug-likeness (QED) is 0.719. The molecular weight excluding hydrogens is 369 g/mol. The number of rotatable bonds is 3. The van der Waals surface area contributed by atoms with Crippen molar-refractivity contribution < 1.29 is 12.8 Å². The standard InChI is InChI=1S/C18H18FN5O2S/c1-10(2)27(25,26)12-4-6-16-14(8-12)17(20)21-9-24(16)18-13-7-11(19)3-5-15(13)22-23-18/h3-8,10H,9H2,1-2H3,(H2,20,21)(H,22,23). The maximum Gasteiger partial charge on any atom is 0.180 e. The van der Waals surface area contributed by atoms with Gasteiger partial charge in [0.05, 0.1) is 21.3 Å². The van der Waals surface area contributed by atoms with Crippen LogP contribution in [0.5, 0.6) is 0 Å². The first kappa shape index (κ1) is 17.5. The number of nitrogens with zero attached hydrogens (tertiary/aromatic N) is 3. The lowest BCUT2D eigenvalue weighted by Gasteiger charge is -2.28. The molecule has 0 amide bonds. The van der Waals surface area contributed by atoms with Crippen LogP contribution in [0.25, 0.3) is 10.9 Å². The summed E-state index contributed by atoms with van der Waals surface area (Å²) in [5.74, 6) is 0.387. The van der Waals surface area contributed by atoms with E-state index in [1.807, 2.05) is 0 Å². The van der Waals surface area contributed by atoms with Gasteiger partial charge in [0.25, 0.3) is 0 Å². The number of aromatic nitrogens is 2. The smallest absolute Gasteiger partial charge is 0.180 e. The van der Waals surface area contributed by atoms with Crippen molar-refractivity contribution in [3.8, 4) is 0 Å². The summed E-state index contributed by atoms with van der Waals surface area (Å²) < 4.78 is 38.7. The van der Waals surface area contributed by atoms with Crippen molar-refractivity contribution in [1.29, 1.82) is 0 Å².